The fraction of sp³-hybridized carbons (Fsp3) is 0.409. The van der Waals surface area contributed by atoms with Crippen LogP contribution in [0.25, 0.3) is 0 Å². The Balaban J connectivity index is 1.53. The minimum atomic E-state index is -3.67. The molecule has 33 heavy (non-hydrogen) atoms. The molecular formula is C22H30N4O5S2. The number of rotatable bonds is 9. The van der Waals surface area contributed by atoms with Gasteiger partial charge < -0.3 is 5.32 Å². The van der Waals surface area contributed by atoms with Crippen molar-refractivity contribution in [1.29, 1.82) is 0 Å². The van der Waals surface area contributed by atoms with Crippen molar-refractivity contribution in [1.82, 2.24) is 13.5 Å². The summed E-state index contributed by atoms with van der Waals surface area (Å²) in [7, 11) is -5.34. The maximum absolute atomic E-state index is 12.8. The average Bonchev–Trinajstić information content (AvgIpc) is 2.80. The summed E-state index contributed by atoms with van der Waals surface area (Å²) in [4.78, 5) is 14.4. The van der Waals surface area contributed by atoms with E-state index in [9.17, 15) is 21.6 Å². The van der Waals surface area contributed by atoms with Crippen molar-refractivity contribution in [2.45, 2.75) is 18.4 Å². The summed E-state index contributed by atoms with van der Waals surface area (Å²) in [5.74, 6) is -0.167. The highest BCUT2D eigenvalue weighted by Crippen LogP contribution is 2.19. The van der Waals surface area contributed by atoms with Crippen LogP contribution < -0.4 is 5.32 Å². The topological polar surface area (TPSA) is 107 Å². The molecule has 180 valence electrons. The molecule has 0 bridgehead atoms. The number of carbonyl (C=O) groups excluding carboxylic acids is 1. The molecule has 1 aliphatic heterocycles. The Kier molecular flexibility index (Phi) is 8.24. The van der Waals surface area contributed by atoms with Gasteiger partial charge in [0.2, 0.25) is 26.0 Å². The second-order valence-electron chi connectivity index (χ2n) is 7.89. The zero-order valence-electron chi connectivity index (χ0n) is 18.8. The van der Waals surface area contributed by atoms with E-state index in [0.29, 0.717) is 31.9 Å². The number of nitrogens with zero attached hydrogens (tertiary/aromatic N) is 3. The summed E-state index contributed by atoms with van der Waals surface area (Å²) < 4.78 is 52.3. The van der Waals surface area contributed by atoms with E-state index in [1.165, 1.54) is 27.8 Å². The zero-order valence-corrected chi connectivity index (χ0v) is 20.5. The lowest BCUT2D eigenvalue weighted by Gasteiger charge is -2.33. The predicted molar refractivity (Wildman–Crippen MR) is 128 cm³/mol. The number of piperazine rings is 1. The van der Waals surface area contributed by atoms with Crippen molar-refractivity contribution in [3.63, 3.8) is 0 Å². The van der Waals surface area contributed by atoms with Crippen LogP contribution >= 0.6 is 0 Å². The molecule has 11 heteroatoms. The van der Waals surface area contributed by atoms with Crippen molar-refractivity contribution < 1.29 is 21.6 Å². The quantitative estimate of drug-likeness (QED) is 0.565. The van der Waals surface area contributed by atoms with Gasteiger partial charge in [-0.15, -0.1) is 0 Å². The fourth-order valence-corrected chi connectivity index (χ4v) is 5.81. The Morgan fingerprint density at radius 2 is 1.55 bits per heavy atom. The van der Waals surface area contributed by atoms with Gasteiger partial charge in [0.25, 0.3) is 0 Å². The zero-order chi connectivity index (χ0) is 24.1. The third-order valence-corrected chi connectivity index (χ3v) is 9.25. The standard InChI is InChI=1S/C22H30N4O5S2/c1-3-32(28,29)26-15-13-25(14-16-26)18-22(27)23-20-9-11-21(12-10-20)33(30,31)24(2)17-19-7-5-4-6-8-19/h4-12H,3,13-18H2,1-2H3,(H,23,27). The lowest BCUT2D eigenvalue weighted by atomic mass is 10.2. The van der Waals surface area contributed by atoms with Crippen LogP contribution in [0.3, 0.4) is 0 Å². The van der Waals surface area contributed by atoms with Crippen LogP contribution in [0.2, 0.25) is 0 Å². The summed E-state index contributed by atoms with van der Waals surface area (Å²) in [6.07, 6.45) is 0. The van der Waals surface area contributed by atoms with Gasteiger partial charge in [0.05, 0.1) is 17.2 Å². The van der Waals surface area contributed by atoms with Gasteiger partial charge in [-0.1, -0.05) is 30.3 Å². The van der Waals surface area contributed by atoms with Crippen molar-refractivity contribution in [2.75, 3.05) is 50.8 Å². The summed E-state index contributed by atoms with van der Waals surface area (Å²) in [6.45, 7) is 3.72. The number of hydrogen-bond acceptors (Lipinski definition) is 6. The van der Waals surface area contributed by atoms with Gasteiger partial charge in [-0.3, -0.25) is 9.69 Å². The van der Waals surface area contributed by atoms with Gasteiger partial charge in [-0.05, 0) is 36.8 Å². The van der Waals surface area contributed by atoms with Crippen LogP contribution in [0.4, 0.5) is 5.69 Å². The normalized spacial score (nSPS) is 16.1. The van der Waals surface area contributed by atoms with Crippen LogP contribution in [0.1, 0.15) is 12.5 Å². The van der Waals surface area contributed by atoms with E-state index < -0.39 is 20.0 Å². The number of nitrogens with one attached hydrogen (secondary N) is 1. The first-order valence-corrected chi connectivity index (χ1v) is 13.8. The van der Waals surface area contributed by atoms with Gasteiger partial charge in [0, 0.05) is 45.5 Å². The van der Waals surface area contributed by atoms with E-state index >= 15 is 0 Å². The molecule has 0 radical (unpaired) electrons. The van der Waals surface area contributed by atoms with E-state index in [4.69, 9.17) is 0 Å². The van der Waals surface area contributed by atoms with Gasteiger partial charge in [0.15, 0.2) is 0 Å². The Hall–Kier alpha value is -2.31. The fourth-order valence-electron chi connectivity index (χ4n) is 3.57. The number of sulfonamides is 2. The first kappa shape index (κ1) is 25.3. The molecule has 2 aromatic carbocycles. The molecule has 9 nitrogen and oxygen atoms in total. The third-order valence-electron chi connectivity index (χ3n) is 5.55. The first-order valence-electron chi connectivity index (χ1n) is 10.7. The highest BCUT2D eigenvalue weighted by Gasteiger charge is 2.26. The number of carbonyl (C=O) groups is 1. The monoisotopic (exact) mass is 494 g/mol. The molecule has 1 fully saturated rings. The van der Waals surface area contributed by atoms with E-state index in [0.717, 1.165) is 5.56 Å². The third kappa shape index (κ3) is 6.61. The average molecular weight is 495 g/mol. The molecule has 1 saturated heterocycles. The molecular weight excluding hydrogens is 464 g/mol. The minimum Gasteiger partial charge on any atom is -0.325 e. The molecule has 0 aliphatic carbocycles. The van der Waals surface area contributed by atoms with Crippen LogP contribution in [-0.4, -0.2) is 81.8 Å². The summed E-state index contributed by atoms with van der Waals surface area (Å²) in [6, 6.07) is 15.4. The molecule has 0 spiro atoms. The molecule has 0 aromatic heterocycles. The maximum Gasteiger partial charge on any atom is 0.243 e. The summed E-state index contributed by atoms with van der Waals surface area (Å²) in [5.41, 5.74) is 1.39. The molecule has 3 rings (SSSR count). The lowest BCUT2D eigenvalue weighted by Crippen LogP contribution is -2.50. The Morgan fingerprint density at radius 1 is 0.939 bits per heavy atom. The van der Waals surface area contributed by atoms with Crippen molar-refractivity contribution in [3.8, 4) is 0 Å². The molecule has 1 aliphatic rings. The largest absolute Gasteiger partial charge is 0.325 e. The Morgan fingerprint density at radius 3 is 2.12 bits per heavy atom. The van der Waals surface area contributed by atoms with E-state index in [-0.39, 0.29) is 29.6 Å². The predicted octanol–water partition coefficient (Wildman–Crippen LogP) is 1.41. The molecule has 1 amide bonds. The smallest absolute Gasteiger partial charge is 0.243 e. The lowest BCUT2D eigenvalue weighted by molar-refractivity contribution is -0.117. The second kappa shape index (κ2) is 10.7. The first-order chi connectivity index (χ1) is 15.6. The minimum absolute atomic E-state index is 0.0707. The number of benzene rings is 2. The van der Waals surface area contributed by atoms with E-state index in [2.05, 4.69) is 5.32 Å². The Bertz CT molecular complexity index is 1150. The van der Waals surface area contributed by atoms with Crippen molar-refractivity contribution in [2.24, 2.45) is 0 Å². The van der Waals surface area contributed by atoms with Gasteiger partial charge in [0.1, 0.15) is 0 Å². The SMILES string of the molecule is CCS(=O)(=O)N1CCN(CC(=O)Nc2ccc(S(=O)(=O)N(C)Cc3ccccc3)cc2)CC1. The van der Waals surface area contributed by atoms with Crippen LogP contribution in [0.15, 0.2) is 59.5 Å². The van der Waals surface area contributed by atoms with Crippen LogP contribution in [-0.2, 0) is 31.4 Å². The summed E-state index contributed by atoms with van der Waals surface area (Å²) in [5, 5.41) is 2.77. The number of hydrogen-bond donors (Lipinski definition) is 1. The van der Waals surface area contributed by atoms with Crippen LogP contribution in [0.5, 0.6) is 0 Å². The molecule has 2 aromatic rings. The van der Waals surface area contributed by atoms with E-state index in [1.807, 2.05) is 35.2 Å². The van der Waals surface area contributed by atoms with Crippen molar-refractivity contribution in [3.05, 3.63) is 60.2 Å². The molecule has 0 unspecified atom stereocenters. The molecule has 0 atom stereocenters. The van der Waals surface area contributed by atoms with Crippen LogP contribution in [0, 0.1) is 0 Å². The van der Waals surface area contributed by atoms with Gasteiger partial charge >= 0.3 is 0 Å². The molecule has 1 heterocycles. The van der Waals surface area contributed by atoms with Gasteiger partial charge in [-0.25, -0.2) is 16.8 Å². The number of anilines is 1. The molecule has 0 saturated carbocycles. The second-order valence-corrected chi connectivity index (χ2v) is 12.2. The maximum atomic E-state index is 12.8. The summed E-state index contributed by atoms with van der Waals surface area (Å²) >= 11 is 0. The molecule has 1 N–H and O–H groups in total. The van der Waals surface area contributed by atoms with Gasteiger partial charge in [-0.2, -0.15) is 8.61 Å². The van der Waals surface area contributed by atoms with E-state index in [1.54, 1.807) is 19.1 Å². The number of amides is 1. The highest BCUT2D eigenvalue weighted by atomic mass is 32.2. The van der Waals surface area contributed by atoms with Crippen molar-refractivity contribution >= 4 is 31.6 Å². The highest BCUT2D eigenvalue weighted by molar-refractivity contribution is 7.89. The Labute approximate surface area is 196 Å².